The minimum atomic E-state index is 0.678. The minimum absolute atomic E-state index is 0.678. The molecule has 3 nitrogen and oxygen atoms in total. The first-order chi connectivity index (χ1) is 9.11. The first kappa shape index (κ1) is 15.0. The molecule has 1 heterocycles. The Morgan fingerprint density at radius 3 is 2.79 bits per heavy atom. The molecule has 0 bridgehead atoms. The molecule has 2 unspecified atom stereocenters. The zero-order chi connectivity index (χ0) is 13.8. The highest BCUT2D eigenvalue weighted by Crippen LogP contribution is 2.24. The normalized spacial score (nSPS) is 24.4. The van der Waals surface area contributed by atoms with Gasteiger partial charge in [-0.25, -0.2) is 0 Å². The summed E-state index contributed by atoms with van der Waals surface area (Å²) in [5.41, 5.74) is 2.43. The number of hydrogen-bond acceptors (Lipinski definition) is 2. The van der Waals surface area contributed by atoms with Crippen molar-refractivity contribution in [3.8, 4) is 0 Å². The standard InChI is InChI=1S/C15H26BrN3/c1-4-13-15(16)14(19(3)18-13)10-17-12-7-5-6-11(2)8-9-12/h11-12,17H,4-10H2,1-3H3. The van der Waals surface area contributed by atoms with E-state index in [1.807, 2.05) is 11.7 Å². The van der Waals surface area contributed by atoms with E-state index in [1.165, 1.54) is 42.3 Å². The molecule has 1 aliphatic carbocycles. The summed E-state index contributed by atoms with van der Waals surface area (Å²) in [4.78, 5) is 0. The van der Waals surface area contributed by atoms with Crippen molar-refractivity contribution in [1.29, 1.82) is 0 Å². The van der Waals surface area contributed by atoms with Crippen molar-refractivity contribution in [2.45, 2.75) is 65.0 Å². The highest BCUT2D eigenvalue weighted by Gasteiger charge is 2.18. The van der Waals surface area contributed by atoms with E-state index < -0.39 is 0 Å². The zero-order valence-corrected chi connectivity index (χ0v) is 14.0. The van der Waals surface area contributed by atoms with Crippen molar-refractivity contribution in [2.24, 2.45) is 13.0 Å². The third-order valence-electron chi connectivity index (χ3n) is 4.32. The molecule has 1 aliphatic rings. The summed E-state index contributed by atoms with van der Waals surface area (Å²) in [5.74, 6) is 0.905. The highest BCUT2D eigenvalue weighted by atomic mass is 79.9. The van der Waals surface area contributed by atoms with E-state index in [9.17, 15) is 0 Å². The average Bonchev–Trinajstić information content (AvgIpc) is 2.54. The predicted octanol–water partition coefficient (Wildman–Crippen LogP) is 3.80. The van der Waals surface area contributed by atoms with Gasteiger partial charge in [-0.3, -0.25) is 4.68 Å². The number of aromatic nitrogens is 2. The Bertz CT molecular complexity index is 414. The summed E-state index contributed by atoms with van der Waals surface area (Å²) in [6.45, 7) is 5.45. The summed E-state index contributed by atoms with van der Waals surface area (Å²) in [6, 6.07) is 0.678. The lowest BCUT2D eigenvalue weighted by Crippen LogP contribution is -2.29. The average molecular weight is 328 g/mol. The van der Waals surface area contributed by atoms with Crippen molar-refractivity contribution < 1.29 is 0 Å². The van der Waals surface area contributed by atoms with Crippen LogP contribution in [0, 0.1) is 5.92 Å². The lowest BCUT2D eigenvalue weighted by Gasteiger charge is -2.16. The second-order valence-electron chi connectivity index (χ2n) is 5.88. The smallest absolute Gasteiger partial charge is 0.0767 e. The van der Waals surface area contributed by atoms with E-state index in [0.29, 0.717) is 6.04 Å². The van der Waals surface area contributed by atoms with Gasteiger partial charge in [0.05, 0.1) is 15.9 Å². The molecule has 0 amide bonds. The third kappa shape index (κ3) is 3.82. The van der Waals surface area contributed by atoms with E-state index >= 15 is 0 Å². The van der Waals surface area contributed by atoms with E-state index in [-0.39, 0.29) is 0 Å². The molecule has 0 aliphatic heterocycles. The molecule has 0 saturated heterocycles. The van der Waals surface area contributed by atoms with Crippen LogP contribution in [0.15, 0.2) is 4.47 Å². The fourth-order valence-corrected chi connectivity index (χ4v) is 3.70. The van der Waals surface area contributed by atoms with Crippen molar-refractivity contribution in [1.82, 2.24) is 15.1 Å². The van der Waals surface area contributed by atoms with Gasteiger partial charge in [0.2, 0.25) is 0 Å². The molecule has 2 atom stereocenters. The van der Waals surface area contributed by atoms with Gasteiger partial charge in [-0.2, -0.15) is 5.10 Å². The molecule has 1 N–H and O–H groups in total. The Balaban J connectivity index is 1.93. The number of nitrogens with zero attached hydrogens (tertiary/aromatic N) is 2. The molecule has 19 heavy (non-hydrogen) atoms. The van der Waals surface area contributed by atoms with Crippen molar-refractivity contribution in [3.05, 3.63) is 15.9 Å². The van der Waals surface area contributed by atoms with E-state index in [4.69, 9.17) is 0 Å². The third-order valence-corrected chi connectivity index (χ3v) is 5.23. The maximum atomic E-state index is 4.55. The van der Waals surface area contributed by atoms with E-state index in [2.05, 4.69) is 40.2 Å². The molecule has 1 aromatic heterocycles. The van der Waals surface area contributed by atoms with Gasteiger partial charge in [0, 0.05) is 19.6 Å². The number of aryl methyl sites for hydroxylation is 2. The van der Waals surface area contributed by atoms with Crippen molar-refractivity contribution in [3.63, 3.8) is 0 Å². The van der Waals surface area contributed by atoms with Crippen LogP contribution in [-0.2, 0) is 20.0 Å². The molecule has 1 aromatic rings. The molecule has 1 fully saturated rings. The SMILES string of the molecule is CCc1nn(C)c(CNC2CCCC(C)CC2)c1Br. The Morgan fingerprint density at radius 2 is 2.11 bits per heavy atom. The lowest BCUT2D eigenvalue weighted by molar-refractivity contribution is 0.439. The number of nitrogens with one attached hydrogen (secondary N) is 1. The van der Waals surface area contributed by atoms with Crippen LogP contribution in [0.2, 0.25) is 0 Å². The molecule has 0 radical (unpaired) electrons. The molecular weight excluding hydrogens is 302 g/mol. The Kier molecular flexibility index (Phi) is 5.46. The largest absolute Gasteiger partial charge is 0.308 e. The van der Waals surface area contributed by atoms with Crippen molar-refractivity contribution in [2.75, 3.05) is 0 Å². The summed E-state index contributed by atoms with van der Waals surface area (Å²) >= 11 is 3.69. The molecule has 0 spiro atoms. The summed E-state index contributed by atoms with van der Waals surface area (Å²) in [6.07, 6.45) is 7.75. The predicted molar refractivity (Wildman–Crippen MR) is 83.2 cm³/mol. The molecule has 0 aromatic carbocycles. The van der Waals surface area contributed by atoms with Crippen LogP contribution >= 0.6 is 15.9 Å². The first-order valence-electron chi connectivity index (χ1n) is 7.55. The summed E-state index contributed by atoms with van der Waals surface area (Å²) < 4.78 is 3.20. The minimum Gasteiger partial charge on any atom is -0.308 e. The molecule has 4 heteroatoms. The molecule has 2 rings (SSSR count). The Labute approximate surface area is 125 Å². The highest BCUT2D eigenvalue weighted by molar-refractivity contribution is 9.10. The molecule has 1 saturated carbocycles. The number of halogens is 1. The van der Waals surface area contributed by atoms with Gasteiger partial charge in [-0.1, -0.05) is 26.7 Å². The molecule has 108 valence electrons. The fourth-order valence-electron chi connectivity index (χ4n) is 2.94. The summed E-state index contributed by atoms with van der Waals surface area (Å²) in [5, 5.41) is 8.28. The van der Waals surface area contributed by atoms with Crippen LogP contribution in [0.1, 0.15) is 57.3 Å². The topological polar surface area (TPSA) is 29.9 Å². The monoisotopic (exact) mass is 327 g/mol. The maximum absolute atomic E-state index is 4.55. The van der Waals surface area contributed by atoms with E-state index in [0.717, 1.165) is 24.6 Å². The van der Waals surface area contributed by atoms with Crippen LogP contribution < -0.4 is 5.32 Å². The van der Waals surface area contributed by atoms with Crippen LogP contribution in [0.5, 0.6) is 0 Å². The van der Waals surface area contributed by atoms with Gasteiger partial charge < -0.3 is 5.32 Å². The Morgan fingerprint density at radius 1 is 1.32 bits per heavy atom. The quantitative estimate of drug-likeness (QED) is 0.852. The van der Waals surface area contributed by atoms with Gasteiger partial charge in [-0.05, 0) is 47.5 Å². The fraction of sp³-hybridized carbons (Fsp3) is 0.800. The van der Waals surface area contributed by atoms with Gasteiger partial charge in [0.15, 0.2) is 0 Å². The van der Waals surface area contributed by atoms with Gasteiger partial charge in [0.25, 0.3) is 0 Å². The van der Waals surface area contributed by atoms with Gasteiger partial charge >= 0.3 is 0 Å². The lowest BCUT2D eigenvalue weighted by atomic mass is 10.0. The van der Waals surface area contributed by atoms with Crippen LogP contribution in [0.3, 0.4) is 0 Å². The van der Waals surface area contributed by atoms with Crippen LogP contribution in [-0.4, -0.2) is 15.8 Å². The summed E-state index contributed by atoms with van der Waals surface area (Å²) in [7, 11) is 2.04. The molecular formula is C15H26BrN3. The van der Waals surface area contributed by atoms with Crippen molar-refractivity contribution >= 4 is 15.9 Å². The second kappa shape index (κ2) is 6.89. The maximum Gasteiger partial charge on any atom is 0.0767 e. The number of hydrogen-bond donors (Lipinski definition) is 1. The van der Waals surface area contributed by atoms with Crippen LogP contribution in [0.4, 0.5) is 0 Å². The number of rotatable bonds is 4. The Hall–Kier alpha value is -0.350. The van der Waals surface area contributed by atoms with Gasteiger partial charge in [0.1, 0.15) is 0 Å². The second-order valence-corrected chi connectivity index (χ2v) is 6.67. The first-order valence-corrected chi connectivity index (χ1v) is 8.34. The van der Waals surface area contributed by atoms with E-state index in [1.54, 1.807) is 0 Å². The van der Waals surface area contributed by atoms with Gasteiger partial charge in [-0.15, -0.1) is 0 Å². The van der Waals surface area contributed by atoms with Crippen LogP contribution in [0.25, 0.3) is 0 Å². The zero-order valence-electron chi connectivity index (χ0n) is 12.4.